The highest BCUT2D eigenvalue weighted by Gasteiger charge is 2.31. The molecule has 1 unspecified atom stereocenters. The van der Waals surface area contributed by atoms with E-state index in [-0.39, 0.29) is 0 Å². The zero-order valence-electron chi connectivity index (χ0n) is 13.6. The van der Waals surface area contributed by atoms with E-state index in [1.165, 1.54) is 63.4 Å². The predicted octanol–water partition coefficient (Wildman–Crippen LogP) is 2.11. The van der Waals surface area contributed by atoms with Crippen LogP contribution in [-0.4, -0.2) is 55.6 Å². The Morgan fingerprint density at radius 1 is 1.10 bits per heavy atom. The van der Waals surface area contributed by atoms with E-state index in [0.717, 1.165) is 6.54 Å². The summed E-state index contributed by atoms with van der Waals surface area (Å²) in [6.07, 6.45) is 1.33. The first-order valence-corrected chi connectivity index (χ1v) is 8.35. The Bertz CT molecular complexity index is 457. The van der Waals surface area contributed by atoms with Crippen LogP contribution >= 0.6 is 0 Å². The Labute approximate surface area is 129 Å². The lowest BCUT2D eigenvalue weighted by molar-refractivity contribution is 0.0932. The topological polar surface area (TPSA) is 18.5 Å². The molecule has 1 aromatic carbocycles. The zero-order chi connectivity index (χ0) is 14.7. The first-order valence-electron chi connectivity index (χ1n) is 8.35. The molecule has 3 heteroatoms. The van der Waals surface area contributed by atoms with Gasteiger partial charge >= 0.3 is 0 Å². The summed E-state index contributed by atoms with van der Waals surface area (Å²) in [6, 6.07) is 8.78. The molecular weight excluding hydrogens is 258 g/mol. The third-order valence-electron chi connectivity index (χ3n) is 5.18. The van der Waals surface area contributed by atoms with Crippen LogP contribution in [0.15, 0.2) is 24.3 Å². The van der Waals surface area contributed by atoms with E-state index in [1.54, 1.807) is 0 Å². The molecule has 0 bridgehead atoms. The van der Waals surface area contributed by atoms with Crippen LogP contribution in [0.2, 0.25) is 0 Å². The quantitative estimate of drug-likeness (QED) is 0.915. The maximum Gasteiger partial charge on any atom is 0.0237 e. The Balaban J connectivity index is 1.48. The van der Waals surface area contributed by atoms with E-state index in [2.05, 4.69) is 53.2 Å². The van der Waals surface area contributed by atoms with Crippen LogP contribution in [-0.2, 0) is 6.54 Å². The van der Waals surface area contributed by atoms with Gasteiger partial charge in [0.1, 0.15) is 0 Å². The Morgan fingerprint density at radius 2 is 1.81 bits per heavy atom. The van der Waals surface area contributed by atoms with E-state index >= 15 is 0 Å². The summed E-state index contributed by atoms with van der Waals surface area (Å²) in [5.41, 5.74) is 3.40. The van der Waals surface area contributed by atoms with Crippen molar-refractivity contribution in [2.45, 2.75) is 26.8 Å². The average molecular weight is 287 g/mol. The third-order valence-corrected chi connectivity index (χ3v) is 5.18. The zero-order valence-corrected chi connectivity index (χ0v) is 13.6. The van der Waals surface area contributed by atoms with Gasteiger partial charge in [0.2, 0.25) is 0 Å². The van der Waals surface area contributed by atoms with Crippen LogP contribution in [0.25, 0.3) is 0 Å². The fourth-order valence-electron chi connectivity index (χ4n) is 3.68. The molecule has 116 valence electrons. The second-order valence-electron chi connectivity index (χ2n) is 7.22. The largest absolute Gasteiger partial charge is 0.316 e. The van der Waals surface area contributed by atoms with Crippen molar-refractivity contribution in [1.29, 1.82) is 0 Å². The number of benzene rings is 1. The van der Waals surface area contributed by atoms with Crippen LogP contribution in [0.4, 0.5) is 0 Å². The Hall–Kier alpha value is -0.900. The summed E-state index contributed by atoms with van der Waals surface area (Å²) in [7, 11) is 0. The van der Waals surface area contributed by atoms with Crippen molar-refractivity contribution in [1.82, 2.24) is 15.1 Å². The van der Waals surface area contributed by atoms with Crippen molar-refractivity contribution in [3.8, 4) is 0 Å². The molecule has 0 aliphatic carbocycles. The summed E-state index contributed by atoms with van der Waals surface area (Å²) in [4.78, 5) is 5.27. The van der Waals surface area contributed by atoms with Gasteiger partial charge in [-0.25, -0.2) is 0 Å². The number of rotatable bonds is 4. The number of nitrogens with zero attached hydrogens (tertiary/aromatic N) is 2. The van der Waals surface area contributed by atoms with Gasteiger partial charge < -0.3 is 10.2 Å². The highest BCUT2D eigenvalue weighted by atomic mass is 15.3. The monoisotopic (exact) mass is 287 g/mol. The standard InChI is InChI=1S/C18H29N3/c1-16-5-3-4-6-17(16)13-20-9-11-21(12-10-20)15-18(2)7-8-19-14-18/h3-6,19H,7-15H2,1-2H3. The second-order valence-corrected chi connectivity index (χ2v) is 7.22. The molecule has 2 heterocycles. The SMILES string of the molecule is Cc1ccccc1CN1CCN(CC2(C)CCNC2)CC1. The number of aryl methyl sites for hydroxylation is 1. The first-order chi connectivity index (χ1) is 10.1. The van der Waals surface area contributed by atoms with Crippen LogP contribution in [0, 0.1) is 12.3 Å². The molecular formula is C18H29N3. The molecule has 0 spiro atoms. The van der Waals surface area contributed by atoms with Crippen molar-refractivity contribution in [2.75, 3.05) is 45.8 Å². The fraction of sp³-hybridized carbons (Fsp3) is 0.667. The smallest absolute Gasteiger partial charge is 0.0237 e. The molecule has 1 aromatic rings. The van der Waals surface area contributed by atoms with Gasteiger partial charge in [-0.1, -0.05) is 31.2 Å². The van der Waals surface area contributed by atoms with Crippen molar-refractivity contribution in [3.63, 3.8) is 0 Å². The molecule has 0 saturated carbocycles. The maximum absolute atomic E-state index is 3.51. The van der Waals surface area contributed by atoms with Crippen LogP contribution in [0.5, 0.6) is 0 Å². The molecule has 2 fully saturated rings. The number of piperazine rings is 1. The Morgan fingerprint density at radius 3 is 2.48 bits per heavy atom. The summed E-state index contributed by atoms with van der Waals surface area (Å²) in [5, 5.41) is 3.51. The van der Waals surface area contributed by atoms with Crippen LogP contribution < -0.4 is 5.32 Å². The first kappa shape index (κ1) is 15.0. The van der Waals surface area contributed by atoms with Gasteiger partial charge in [-0.15, -0.1) is 0 Å². The van der Waals surface area contributed by atoms with Crippen molar-refractivity contribution < 1.29 is 0 Å². The van der Waals surface area contributed by atoms with Gasteiger partial charge in [0, 0.05) is 45.8 Å². The molecule has 2 saturated heterocycles. The fourth-order valence-corrected chi connectivity index (χ4v) is 3.68. The Kier molecular flexibility index (Phi) is 4.63. The van der Waals surface area contributed by atoms with E-state index in [9.17, 15) is 0 Å². The van der Waals surface area contributed by atoms with Crippen molar-refractivity contribution >= 4 is 0 Å². The number of hydrogen-bond acceptors (Lipinski definition) is 3. The molecule has 1 N–H and O–H groups in total. The molecule has 0 aromatic heterocycles. The molecule has 2 aliphatic heterocycles. The summed E-state index contributed by atoms with van der Waals surface area (Å²) < 4.78 is 0. The minimum atomic E-state index is 0.498. The van der Waals surface area contributed by atoms with E-state index in [0.29, 0.717) is 5.41 Å². The third kappa shape index (κ3) is 3.85. The molecule has 2 aliphatic rings. The lowest BCUT2D eigenvalue weighted by Gasteiger charge is -2.38. The van der Waals surface area contributed by atoms with E-state index < -0.39 is 0 Å². The van der Waals surface area contributed by atoms with Crippen LogP contribution in [0.1, 0.15) is 24.5 Å². The minimum absolute atomic E-state index is 0.498. The van der Waals surface area contributed by atoms with Gasteiger partial charge in [-0.05, 0) is 36.4 Å². The maximum atomic E-state index is 3.51. The number of nitrogens with one attached hydrogen (secondary N) is 1. The van der Waals surface area contributed by atoms with Gasteiger partial charge in [0.05, 0.1) is 0 Å². The molecule has 0 radical (unpaired) electrons. The molecule has 1 atom stereocenters. The highest BCUT2D eigenvalue weighted by molar-refractivity contribution is 5.25. The summed E-state index contributed by atoms with van der Waals surface area (Å²) >= 11 is 0. The van der Waals surface area contributed by atoms with E-state index in [1.807, 2.05) is 0 Å². The van der Waals surface area contributed by atoms with Crippen LogP contribution in [0.3, 0.4) is 0 Å². The molecule has 21 heavy (non-hydrogen) atoms. The van der Waals surface area contributed by atoms with Gasteiger partial charge in [0.25, 0.3) is 0 Å². The molecule has 3 nitrogen and oxygen atoms in total. The lowest BCUT2D eigenvalue weighted by atomic mass is 9.89. The molecule has 3 rings (SSSR count). The number of hydrogen-bond donors (Lipinski definition) is 1. The van der Waals surface area contributed by atoms with Crippen molar-refractivity contribution in [3.05, 3.63) is 35.4 Å². The second kappa shape index (κ2) is 6.47. The van der Waals surface area contributed by atoms with Crippen molar-refractivity contribution in [2.24, 2.45) is 5.41 Å². The van der Waals surface area contributed by atoms with E-state index in [4.69, 9.17) is 0 Å². The summed E-state index contributed by atoms with van der Waals surface area (Å²) in [5.74, 6) is 0. The van der Waals surface area contributed by atoms with Gasteiger partial charge in [0.15, 0.2) is 0 Å². The predicted molar refractivity (Wildman–Crippen MR) is 88.5 cm³/mol. The summed E-state index contributed by atoms with van der Waals surface area (Å²) in [6.45, 7) is 14.3. The minimum Gasteiger partial charge on any atom is -0.316 e. The van der Waals surface area contributed by atoms with Gasteiger partial charge in [-0.3, -0.25) is 4.90 Å². The highest BCUT2D eigenvalue weighted by Crippen LogP contribution is 2.26. The normalized spacial score (nSPS) is 28.1. The average Bonchev–Trinajstić information content (AvgIpc) is 2.90. The lowest BCUT2D eigenvalue weighted by Crippen LogP contribution is -2.49. The molecule has 0 amide bonds. The van der Waals surface area contributed by atoms with Gasteiger partial charge in [-0.2, -0.15) is 0 Å².